The fourth-order valence-electron chi connectivity index (χ4n) is 3.03. The quantitative estimate of drug-likeness (QED) is 0.673. The van der Waals surface area contributed by atoms with Gasteiger partial charge in [-0.2, -0.15) is 0 Å². The molecule has 0 bridgehead atoms. The first-order chi connectivity index (χ1) is 7.02. The van der Waals surface area contributed by atoms with Gasteiger partial charge in [0.1, 0.15) is 0 Å². The minimum atomic E-state index is 0.0789. The summed E-state index contributed by atoms with van der Waals surface area (Å²) in [7, 11) is 0. The van der Waals surface area contributed by atoms with Crippen LogP contribution in [0.4, 0.5) is 0 Å². The third-order valence-electron chi connectivity index (χ3n) is 4.00. The predicted octanol–water partition coefficient (Wildman–Crippen LogP) is 2.95. The number of amides is 1. The lowest BCUT2D eigenvalue weighted by atomic mass is 9.72. The summed E-state index contributed by atoms with van der Waals surface area (Å²) in [6.45, 7) is 5.57. The van der Waals surface area contributed by atoms with Gasteiger partial charge < -0.3 is 4.90 Å². The summed E-state index contributed by atoms with van der Waals surface area (Å²) in [6, 6.07) is 0.473. The van der Waals surface area contributed by atoms with E-state index >= 15 is 0 Å². The van der Waals surface area contributed by atoms with Crippen molar-refractivity contribution in [3.63, 3.8) is 0 Å². The average molecular weight is 274 g/mol. The van der Waals surface area contributed by atoms with E-state index in [1.807, 2.05) is 0 Å². The molecule has 2 unspecified atom stereocenters. The minimum Gasteiger partial charge on any atom is -0.338 e. The number of carbonyl (C=O) groups is 1. The summed E-state index contributed by atoms with van der Waals surface area (Å²) >= 11 is 3.46. The molecule has 1 saturated heterocycles. The summed E-state index contributed by atoms with van der Waals surface area (Å²) in [4.78, 5) is 14.2. The van der Waals surface area contributed by atoms with Crippen LogP contribution in [-0.4, -0.2) is 28.2 Å². The molecule has 15 heavy (non-hydrogen) atoms. The van der Waals surface area contributed by atoms with Gasteiger partial charge in [0.2, 0.25) is 5.91 Å². The van der Waals surface area contributed by atoms with E-state index in [0.717, 1.165) is 13.0 Å². The smallest absolute Gasteiger partial charge is 0.236 e. The van der Waals surface area contributed by atoms with Crippen molar-refractivity contribution in [3.8, 4) is 0 Å². The van der Waals surface area contributed by atoms with Gasteiger partial charge in [0.15, 0.2) is 0 Å². The molecule has 3 heteroatoms. The zero-order valence-corrected chi connectivity index (χ0v) is 11.2. The highest BCUT2D eigenvalue weighted by molar-refractivity contribution is 9.10. The number of nitrogens with zero attached hydrogens (tertiary/aromatic N) is 1. The first kappa shape index (κ1) is 11.4. The van der Waals surface area contributed by atoms with Crippen molar-refractivity contribution in [1.29, 1.82) is 0 Å². The van der Waals surface area contributed by atoms with Gasteiger partial charge in [0.05, 0.1) is 4.83 Å². The van der Waals surface area contributed by atoms with E-state index in [1.54, 1.807) is 0 Å². The van der Waals surface area contributed by atoms with Crippen LogP contribution in [0, 0.1) is 5.41 Å². The first-order valence-corrected chi connectivity index (χ1v) is 6.88. The van der Waals surface area contributed by atoms with E-state index in [0.29, 0.717) is 17.4 Å². The molecule has 0 aromatic carbocycles. The standard InChI is InChI=1S/C12H20BrNO/c1-12(2)7-4-3-5-10(12)14-8-6-9(13)11(14)15/h9-10H,3-8H2,1-2H3. The lowest BCUT2D eigenvalue weighted by molar-refractivity contribution is -0.132. The Balaban J connectivity index is 2.12. The number of hydrogen-bond acceptors (Lipinski definition) is 1. The number of rotatable bonds is 1. The van der Waals surface area contributed by atoms with Gasteiger partial charge in [0.25, 0.3) is 0 Å². The fraction of sp³-hybridized carbons (Fsp3) is 0.917. The molecular formula is C12H20BrNO. The molecular weight excluding hydrogens is 254 g/mol. The van der Waals surface area contributed by atoms with Crippen LogP contribution < -0.4 is 0 Å². The number of halogens is 1. The largest absolute Gasteiger partial charge is 0.338 e. The molecule has 2 fully saturated rings. The molecule has 2 rings (SSSR count). The zero-order valence-electron chi connectivity index (χ0n) is 9.63. The average Bonchev–Trinajstić information content (AvgIpc) is 2.48. The lowest BCUT2D eigenvalue weighted by Gasteiger charge is -2.43. The second kappa shape index (κ2) is 4.08. The highest BCUT2D eigenvalue weighted by atomic mass is 79.9. The van der Waals surface area contributed by atoms with E-state index in [1.165, 1.54) is 25.7 Å². The summed E-state index contributed by atoms with van der Waals surface area (Å²) < 4.78 is 0. The van der Waals surface area contributed by atoms with Gasteiger partial charge in [-0.25, -0.2) is 0 Å². The molecule has 0 aromatic heterocycles. The van der Waals surface area contributed by atoms with E-state index < -0.39 is 0 Å². The van der Waals surface area contributed by atoms with Crippen molar-refractivity contribution in [2.45, 2.75) is 56.8 Å². The van der Waals surface area contributed by atoms with Gasteiger partial charge in [-0.3, -0.25) is 4.79 Å². The van der Waals surface area contributed by atoms with Crippen molar-refractivity contribution in [2.24, 2.45) is 5.41 Å². The molecule has 0 aromatic rings. The molecule has 2 atom stereocenters. The highest BCUT2D eigenvalue weighted by Gasteiger charge is 2.42. The Kier molecular flexibility index (Phi) is 3.11. The molecule has 0 N–H and O–H groups in total. The second-order valence-corrected chi connectivity index (χ2v) is 6.64. The Hall–Kier alpha value is -0.0500. The van der Waals surface area contributed by atoms with E-state index in [2.05, 4.69) is 34.7 Å². The normalized spacial score (nSPS) is 35.9. The van der Waals surface area contributed by atoms with Crippen LogP contribution in [0.1, 0.15) is 46.0 Å². The Labute approximate surface area is 101 Å². The second-order valence-electron chi connectivity index (χ2n) is 5.54. The topological polar surface area (TPSA) is 20.3 Å². The molecule has 1 amide bonds. The van der Waals surface area contributed by atoms with Crippen molar-refractivity contribution in [1.82, 2.24) is 4.90 Å². The predicted molar refractivity (Wildman–Crippen MR) is 65.1 cm³/mol. The van der Waals surface area contributed by atoms with Crippen LogP contribution in [0.2, 0.25) is 0 Å². The zero-order chi connectivity index (χ0) is 11.1. The maximum Gasteiger partial charge on any atom is 0.236 e. The summed E-state index contributed by atoms with van der Waals surface area (Å²) in [5, 5.41) is 0. The van der Waals surface area contributed by atoms with Gasteiger partial charge in [-0.1, -0.05) is 42.6 Å². The Morgan fingerprint density at radius 3 is 2.60 bits per heavy atom. The van der Waals surface area contributed by atoms with Crippen LogP contribution in [0.25, 0.3) is 0 Å². The van der Waals surface area contributed by atoms with Gasteiger partial charge >= 0.3 is 0 Å². The Bertz CT molecular complexity index is 264. The SMILES string of the molecule is CC1(C)CCCCC1N1CCC(Br)C1=O. The summed E-state index contributed by atoms with van der Waals surface area (Å²) in [6.07, 6.45) is 6.03. The number of hydrogen-bond donors (Lipinski definition) is 0. The monoisotopic (exact) mass is 273 g/mol. The van der Waals surface area contributed by atoms with Crippen LogP contribution in [0.3, 0.4) is 0 Å². The van der Waals surface area contributed by atoms with Crippen molar-refractivity contribution >= 4 is 21.8 Å². The Morgan fingerprint density at radius 2 is 2.07 bits per heavy atom. The van der Waals surface area contributed by atoms with E-state index in [4.69, 9.17) is 0 Å². The van der Waals surface area contributed by atoms with Crippen molar-refractivity contribution in [3.05, 3.63) is 0 Å². The van der Waals surface area contributed by atoms with Crippen molar-refractivity contribution in [2.75, 3.05) is 6.54 Å². The third-order valence-corrected chi connectivity index (χ3v) is 4.85. The number of carbonyl (C=O) groups excluding carboxylic acids is 1. The summed E-state index contributed by atoms with van der Waals surface area (Å²) in [5.74, 6) is 0.315. The number of alkyl halides is 1. The van der Waals surface area contributed by atoms with Gasteiger partial charge in [-0.15, -0.1) is 0 Å². The molecule has 1 saturated carbocycles. The van der Waals surface area contributed by atoms with Gasteiger partial charge in [-0.05, 0) is 24.7 Å². The maximum atomic E-state index is 12.0. The molecule has 0 spiro atoms. The maximum absolute atomic E-state index is 12.0. The van der Waals surface area contributed by atoms with E-state index in [-0.39, 0.29) is 4.83 Å². The lowest BCUT2D eigenvalue weighted by Crippen LogP contribution is -2.48. The fourth-order valence-corrected chi connectivity index (χ4v) is 3.50. The van der Waals surface area contributed by atoms with Crippen LogP contribution >= 0.6 is 15.9 Å². The van der Waals surface area contributed by atoms with Crippen molar-refractivity contribution < 1.29 is 4.79 Å². The molecule has 86 valence electrons. The third kappa shape index (κ3) is 2.08. The molecule has 2 nitrogen and oxygen atoms in total. The molecule has 1 aliphatic heterocycles. The molecule has 1 aliphatic carbocycles. The molecule has 1 heterocycles. The first-order valence-electron chi connectivity index (χ1n) is 5.97. The van der Waals surface area contributed by atoms with Crippen LogP contribution in [0.15, 0.2) is 0 Å². The van der Waals surface area contributed by atoms with Crippen LogP contribution in [0.5, 0.6) is 0 Å². The van der Waals surface area contributed by atoms with Gasteiger partial charge in [0, 0.05) is 12.6 Å². The van der Waals surface area contributed by atoms with Crippen LogP contribution in [-0.2, 0) is 4.79 Å². The minimum absolute atomic E-state index is 0.0789. The molecule has 2 aliphatic rings. The summed E-state index contributed by atoms with van der Waals surface area (Å²) in [5.41, 5.74) is 0.310. The number of likely N-dealkylation sites (tertiary alicyclic amines) is 1. The Morgan fingerprint density at radius 1 is 1.33 bits per heavy atom. The molecule has 0 radical (unpaired) electrons. The van der Waals surface area contributed by atoms with E-state index in [9.17, 15) is 4.79 Å². The highest BCUT2D eigenvalue weighted by Crippen LogP contribution is 2.40.